The first-order valence-corrected chi connectivity index (χ1v) is 5.97. The number of nitro groups is 1. The lowest BCUT2D eigenvalue weighted by atomic mass is 10.4. The summed E-state index contributed by atoms with van der Waals surface area (Å²) in [5.74, 6) is 5.39. The SMILES string of the molecule is COCCOCCCNc1nc(NN)ncc1[N+](=O)[O-]. The van der Waals surface area contributed by atoms with Crippen LogP contribution in [0.3, 0.4) is 0 Å². The molecule has 10 nitrogen and oxygen atoms in total. The Hall–Kier alpha value is -2.04. The number of aromatic nitrogens is 2. The van der Waals surface area contributed by atoms with Crippen LogP contribution in [-0.4, -0.2) is 48.4 Å². The summed E-state index contributed by atoms with van der Waals surface area (Å²) in [6, 6.07) is 0. The molecule has 1 rings (SSSR count). The molecule has 0 unspecified atom stereocenters. The van der Waals surface area contributed by atoms with Gasteiger partial charge in [0.1, 0.15) is 6.20 Å². The van der Waals surface area contributed by atoms with Gasteiger partial charge in [-0.25, -0.2) is 10.8 Å². The maximum absolute atomic E-state index is 10.8. The van der Waals surface area contributed by atoms with Crippen molar-refractivity contribution in [1.82, 2.24) is 9.97 Å². The van der Waals surface area contributed by atoms with Crippen LogP contribution in [0.2, 0.25) is 0 Å². The molecule has 0 fully saturated rings. The molecule has 0 aliphatic heterocycles. The summed E-state index contributed by atoms with van der Waals surface area (Å²) in [4.78, 5) is 17.9. The van der Waals surface area contributed by atoms with Gasteiger partial charge in [-0.1, -0.05) is 0 Å². The fourth-order valence-corrected chi connectivity index (χ4v) is 1.33. The second kappa shape index (κ2) is 8.96. The highest BCUT2D eigenvalue weighted by molar-refractivity contribution is 5.56. The Morgan fingerprint density at radius 1 is 1.45 bits per heavy atom. The van der Waals surface area contributed by atoms with Gasteiger partial charge in [0.2, 0.25) is 11.8 Å². The molecule has 20 heavy (non-hydrogen) atoms. The standard InChI is InChI=1S/C10H18N6O4/c1-19-5-6-20-4-2-3-12-9-8(16(17)18)7-13-10(14-9)15-11/h7H,2-6,11H2,1H3,(H2,12,13,14,15). The second-order valence-corrected chi connectivity index (χ2v) is 3.71. The molecule has 112 valence electrons. The molecule has 0 spiro atoms. The molecule has 0 aliphatic rings. The number of nitrogens with two attached hydrogens (primary N) is 1. The smallest absolute Gasteiger partial charge is 0.329 e. The average molecular weight is 286 g/mol. The van der Waals surface area contributed by atoms with Crippen molar-refractivity contribution in [3.05, 3.63) is 16.3 Å². The van der Waals surface area contributed by atoms with Crippen LogP contribution in [0.5, 0.6) is 0 Å². The Labute approximate surface area is 115 Å². The van der Waals surface area contributed by atoms with Gasteiger partial charge in [-0.05, 0) is 6.42 Å². The first kappa shape index (κ1) is 16.0. The van der Waals surface area contributed by atoms with Crippen LogP contribution in [-0.2, 0) is 9.47 Å². The first-order valence-electron chi connectivity index (χ1n) is 5.97. The quantitative estimate of drug-likeness (QED) is 0.237. The fraction of sp³-hybridized carbons (Fsp3) is 0.600. The van der Waals surface area contributed by atoms with Crippen molar-refractivity contribution in [3.8, 4) is 0 Å². The molecule has 0 aromatic carbocycles. The maximum atomic E-state index is 10.8. The summed E-state index contributed by atoms with van der Waals surface area (Å²) in [5.41, 5.74) is 2.03. The van der Waals surface area contributed by atoms with Gasteiger partial charge < -0.3 is 14.8 Å². The lowest BCUT2D eigenvalue weighted by molar-refractivity contribution is -0.384. The molecule has 0 atom stereocenters. The molecule has 0 bridgehead atoms. The molecule has 0 saturated heterocycles. The molecule has 1 heterocycles. The van der Waals surface area contributed by atoms with Crippen molar-refractivity contribution >= 4 is 17.5 Å². The van der Waals surface area contributed by atoms with Gasteiger partial charge in [0.25, 0.3) is 0 Å². The predicted octanol–water partition coefficient (Wildman–Crippen LogP) is 0.135. The van der Waals surface area contributed by atoms with E-state index in [-0.39, 0.29) is 17.5 Å². The predicted molar refractivity (Wildman–Crippen MR) is 72.3 cm³/mol. The minimum Gasteiger partial charge on any atom is -0.382 e. The molecule has 0 aliphatic carbocycles. The number of hydrazine groups is 1. The van der Waals surface area contributed by atoms with Gasteiger partial charge in [0.15, 0.2) is 0 Å². The van der Waals surface area contributed by atoms with E-state index < -0.39 is 4.92 Å². The molecular formula is C10H18N6O4. The zero-order valence-electron chi connectivity index (χ0n) is 11.2. The van der Waals surface area contributed by atoms with Crippen LogP contribution in [0.25, 0.3) is 0 Å². The van der Waals surface area contributed by atoms with E-state index in [4.69, 9.17) is 15.3 Å². The number of nitrogens with one attached hydrogen (secondary N) is 2. The van der Waals surface area contributed by atoms with Crippen LogP contribution < -0.4 is 16.6 Å². The van der Waals surface area contributed by atoms with Crippen molar-refractivity contribution in [2.75, 3.05) is 44.2 Å². The van der Waals surface area contributed by atoms with Crippen molar-refractivity contribution in [2.24, 2.45) is 5.84 Å². The number of nitrogens with zero attached hydrogens (tertiary/aromatic N) is 3. The number of rotatable bonds is 10. The van der Waals surface area contributed by atoms with Gasteiger partial charge in [-0.3, -0.25) is 15.5 Å². The molecule has 1 aromatic rings. The van der Waals surface area contributed by atoms with E-state index in [0.717, 1.165) is 6.20 Å². The molecule has 10 heteroatoms. The Kier molecular flexibility index (Phi) is 7.17. The molecule has 4 N–H and O–H groups in total. The molecular weight excluding hydrogens is 268 g/mol. The summed E-state index contributed by atoms with van der Waals surface area (Å²) in [7, 11) is 1.60. The largest absolute Gasteiger partial charge is 0.382 e. The zero-order chi connectivity index (χ0) is 14.8. The van der Waals surface area contributed by atoms with Crippen molar-refractivity contribution in [2.45, 2.75) is 6.42 Å². The number of hydrogen-bond acceptors (Lipinski definition) is 9. The Morgan fingerprint density at radius 2 is 2.25 bits per heavy atom. The van der Waals surface area contributed by atoms with E-state index in [1.165, 1.54) is 0 Å². The number of nitrogen functional groups attached to an aromatic ring is 1. The van der Waals surface area contributed by atoms with E-state index in [9.17, 15) is 10.1 Å². The first-order chi connectivity index (χ1) is 9.69. The second-order valence-electron chi connectivity index (χ2n) is 3.71. The number of anilines is 2. The summed E-state index contributed by atoms with van der Waals surface area (Å²) in [6.07, 6.45) is 1.77. The molecule has 0 radical (unpaired) electrons. The number of methoxy groups -OCH3 is 1. The van der Waals surface area contributed by atoms with Crippen LogP contribution in [0.4, 0.5) is 17.5 Å². The minimum atomic E-state index is -0.558. The Balaban J connectivity index is 2.43. The van der Waals surface area contributed by atoms with Crippen molar-refractivity contribution in [1.29, 1.82) is 0 Å². The molecule has 0 amide bonds. The highest BCUT2D eigenvalue weighted by atomic mass is 16.6. The van der Waals surface area contributed by atoms with E-state index in [1.54, 1.807) is 7.11 Å². The van der Waals surface area contributed by atoms with E-state index in [1.807, 2.05) is 0 Å². The summed E-state index contributed by atoms with van der Waals surface area (Å²) < 4.78 is 10.1. The van der Waals surface area contributed by atoms with Crippen molar-refractivity contribution in [3.63, 3.8) is 0 Å². The van der Waals surface area contributed by atoms with Gasteiger partial charge >= 0.3 is 5.69 Å². The van der Waals surface area contributed by atoms with Crippen LogP contribution in [0.1, 0.15) is 6.42 Å². The molecule has 0 saturated carbocycles. The maximum Gasteiger partial charge on any atom is 0.329 e. The van der Waals surface area contributed by atoms with E-state index in [2.05, 4.69) is 20.7 Å². The average Bonchev–Trinajstić information content (AvgIpc) is 2.45. The summed E-state index contributed by atoms with van der Waals surface area (Å²) in [5, 5.41) is 13.7. The number of hydrogen-bond donors (Lipinski definition) is 3. The normalized spacial score (nSPS) is 10.3. The van der Waals surface area contributed by atoms with Gasteiger partial charge in [-0.15, -0.1) is 0 Å². The van der Waals surface area contributed by atoms with Crippen LogP contribution in [0.15, 0.2) is 6.20 Å². The summed E-state index contributed by atoms with van der Waals surface area (Å²) >= 11 is 0. The van der Waals surface area contributed by atoms with E-state index in [0.29, 0.717) is 32.8 Å². The number of ether oxygens (including phenoxy) is 2. The Bertz CT molecular complexity index is 430. The third-order valence-corrected chi connectivity index (χ3v) is 2.28. The van der Waals surface area contributed by atoms with Crippen LogP contribution in [0, 0.1) is 10.1 Å². The van der Waals surface area contributed by atoms with Gasteiger partial charge in [0.05, 0.1) is 18.1 Å². The molecule has 1 aromatic heterocycles. The van der Waals surface area contributed by atoms with E-state index >= 15 is 0 Å². The highest BCUT2D eigenvalue weighted by Gasteiger charge is 2.16. The van der Waals surface area contributed by atoms with Gasteiger partial charge in [-0.2, -0.15) is 4.98 Å². The Morgan fingerprint density at radius 3 is 2.90 bits per heavy atom. The third-order valence-electron chi connectivity index (χ3n) is 2.28. The lowest BCUT2D eigenvalue weighted by Gasteiger charge is -2.07. The topological polar surface area (TPSA) is 137 Å². The highest BCUT2D eigenvalue weighted by Crippen LogP contribution is 2.21. The fourth-order valence-electron chi connectivity index (χ4n) is 1.33. The summed E-state index contributed by atoms with van der Waals surface area (Å²) in [6.45, 7) is 2.06. The lowest BCUT2D eigenvalue weighted by Crippen LogP contribution is -2.14. The monoisotopic (exact) mass is 286 g/mol. The zero-order valence-corrected chi connectivity index (χ0v) is 11.2. The van der Waals surface area contributed by atoms with Crippen molar-refractivity contribution < 1.29 is 14.4 Å². The third kappa shape index (κ3) is 5.30. The minimum absolute atomic E-state index is 0.106. The van der Waals surface area contributed by atoms with Crippen LogP contribution >= 0.6 is 0 Å². The van der Waals surface area contributed by atoms with Gasteiger partial charge in [0, 0.05) is 20.3 Å².